The molecule has 0 fully saturated rings. The smallest absolute Gasteiger partial charge is 0.157 e. The lowest BCUT2D eigenvalue weighted by molar-refractivity contribution is -0.128. The lowest BCUT2D eigenvalue weighted by atomic mass is 9.88. The van der Waals surface area contributed by atoms with E-state index in [-0.39, 0.29) is 11.6 Å². The number of hydrogen-bond donors (Lipinski definition) is 0. The topological polar surface area (TPSA) is 20.3 Å². The Labute approximate surface area is 116 Å². The molecular formula is C14H19BrFNO. The molecule has 1 aromatic rings. The van der Waals surface area contributed by atoms with Gasteiger partial charge in [-0.3, -0.25) is 9.69 Å². The van der Waals surface area contributed by atoms with E-state index < -0.39 is 5.54 Å². The van der Waals surface area contributed by atoms with Crippen LogP contribution in [0.4, 0.5) is 4.39 Å². The molecule has 18 heavy (non-hydrogen) atoms. The molecule has 100 valence electrons. The number of likely N-dealkylation sites (N-methyl/N-ethyl adjacent to an activating group) is 1. The van der Waals surface area contributed by atoms with E-state index in [1.807, 2.05) is 32.8 Å². The van der Waals surface area contributed by atoms with Gasteiger partial charge in [0.2, 0.25) is 0 Å². The summed E-state index contributed by atoms with van der Waals surface area (Å²) in [5, 5.41) is 0. The monoisotopic (exact) mass is 315 g/mol. The molecule has 0 radical (unpaired) electrons. The maximum atomic E-state index is 13.0. The zero-order chi connectivity index (χ0) is 13.9. The minimum Gasteiger partial charge on any atom is -0.297 e. The normalized spacial score (nSPS) is 14.6. The summed E-state index contributed by atoms with van der Waals surface area (Å²) < 4.78 is 13.6. The summed E-state index contributed by atoms with van der Waals surface area (Å²) in [5.41, 5.74) is 0.344. The van der Waals surface area contributed by atoms with Gasteiger partial charge in [0.1, 0.15) is 5.82 Å². The highest BCUT2D eigenvalue weighted by Gasteiger charge is 2.33. The molecule has 0 bridgehead atoms. The molecule has 0 aliphatic carbocycles. The first-order valence-electron chi connectivity index (χ1n) is 5.96. The third-order valence-corrected chi connectivity index (χ3v) is 4.38. The SMILES string of the molecule is CCC(C)(C(=O)Cc1ccc(F)cc1Br)N(C)C. The van der Waals surface area contributed by atoms with Crippen molar-refractivity contribution in [2.45, 2.75) is 32.2 Å². The standard InChI is InChI=1S/C14H19BrFNO/c1-5-14(2,17(3)4)13(18)8-10-6-7-11(16)9-12(10)15/h6-7,9H,5,8H2,1-4H3. The highest BCUT2D eigenvalue weighted by molar-refractivity contribution is 9.10. The fraction of sp³-hybridized carbons (Fsp3) is 0.500. The maximum Gasteiger partial charge on any atom is 0.157 e. The predicted molar refractivity (Wildman–Crippen MR) is 75.2 cm³/mol. The van der Waals surface area contributed by atoms with E-state index >= 15 is 0 Å². The molecule has 0 saturated heterocycles. The van der Waals surface area contributed by atoms with Crippen LogP contribution in [0.1, 0.15) is 25.8 Å². The molecule has 0 heterocycles. The van der Waals surface area contributed by atoms with Crippen LogP contribution in [0.25, 0.3) is 0 Å². The third-order valence-electron chi connectivity index (χ3n) is 3.64. The van der Waals surface area contributed by atoms with E-state index in [2.05, 4.69) is 15.9 Å². The van der Waals surface area contributed by atoms with Crippen LogP contribution in [0.15, 0.2) is 22.7 Å². The number of carbonyl (C=O) groups is 1. The van der Waals surface area contributed by atoms with Gasteiger partial charge in [-0.15, -0.1) is 0 Å². The van der Waals surface area contributed by atoms with Crippen molar-refractivity contribution in [2.24, 2.45) is 0 Å². The van der Waals surface area contributed by atoms with Crippen molar-refractivity contribution < 1.29 is 9.18 Å². The summed E-state index contributed by atoms with van der Waals surface area (Å²) >= 11 is 3.30. The molecular weight excluding hydrogens is 297 g/mol. The van der Waals surface area contributed by atoms with Gasteiger partial charge in [0.05, 0.1) is 5.54 Å². The van der Waals surface area contributed by atoms with E-state index in [1.54, 1.807) is 6.07 Å². The van der Waals surface area contributed by atoms with Crippen molar-refractivity contribution in [3.63, 3.8) is 0 Å². The number of nitrogens with zero attached hydrogens (tertiary/aromatic N) is 1. The first kappa shape index (κ1) is 15.3. The molecule has 1 rings (SSSR count). The Kier molecular flexibility index (Phi) is 5.05. The van der Waals surface area contributed by atoms with E-state index in [0.717, 1.165) is 12.0 Å². The molecule has 0 N–H and O–H groups in total. The van der Waals surface area contributed by atoms with Crippen LogP contribution >= 0.6 is 15.9 Å². The Morgan fingerprint density at radius 2 is 2.06 bits per heavy atom. The minimum absolute atomic E-state index is 0.141. The number of hydrogen-bond acceptors (Lipinski definition) is 2. The van der Waals surface area contributed by atoms with E-state index in [9.17, 15) is 9.18 Å². The average molecular weight is 316 g/mol. The fourth-order valence-corrected chi connectivity index (χ4v) is 2.28. The summed E-state index contributed by atoms with van der Waals surface area (Å²) in [6, 6.07) is 4.43. The zero-order valence-electron chi connectivity index (χ0n) is 11.3. The molecule has 0 amide bonds. The fourth-order valence-electron chi connectivity index (χ4n) is 1.79. The second kappa shape index (κ2) is 5.93. The van der Waals surface area contributed by atoms with Crippen LogP contribution in [0.3, 0.4) is 0 Å². The lowest BCUT2D eigenvalue weighted by Gasteiger charge is -2.34. The molecule has 1 atom stereocenters. The van der Waals surface area contributed by atoms with Crippen molar-refractivity contribution in [3.8, 4) is 0 Å². The molecule has 2 nitrogen and oxygen atoms in total. The number of carbonyl (C=O) groups excluding carboxylic acids is 1. The second-order valence-electron chi connectivity index (χ2n) is 4.86. The van der Waals surface area contributed by atoms with Crippen molar-refractivity contribution in [1.29, 1.82) is 0 Å². The van der Waals surface area contributed by atoms with Crippen LogP contribution in [0.2, 0.25) is 0 Å². The molecule has 0 saturated carbocycles. The average Bonchev–Trinajstić information content (AvgIpc) is 2.31. The maximum absolute atomic E-state index is 13.0. The second-order valence-corrected chi connectivity index (χ2v) is 5.71. The highest BCUT2D eigenvalue weighted by Crippen LogP contribution is 2.24. The predicted octanol–water partition coefficient (Wildman–Crippen LogP) is 3.43. The van der Waals surface area contributed by atoms with Crippen LogP contribution in [0.5, 0.6) is 0 Å². The van der Waals surface area contributed by atoms with Gasteiger partial charge in [0.15, 0.2) is 5.78 Å². The molecule has 1 aromatic carbocycles. The zero-order valence-corrected chi connectivity index (χ0v) is 12.8. The van der Waals surface area contributed by atoms with Crippen molar-refractivity contribution in [2.75, 3.05) is 14.1 Å². The Hall–Kier alpha value is -0.740. The van der Waals surface area contributed by atoms with Crippen LogP contribution in [0, 0.1) is 5.82 Å². The number of halogens is 2. The van der Waals surface area contributed by atoms with Gasteiger partial charge in [-0.05, 0) is 45.1 Å². The summed E-state index contributed by atoms with van der Waals surface area (Å²) in [4.78, 5) is 14.3. The van der Waals surface area contributed by atoms with Gasteiger partial charge in [0.25, 0.3) is 0 Å². The van der Waals surface area contributed by atoms with Crippen LogP contribution in [-0.4, -0.2) is 30.3 Å². The Balaban J connectivity index is 2.93. The summed E-state index contributed by atoms with van der Waals surface area (Å²) in [7, 11) is 3.81. The molecule has 4 heteroatoms. The van der Waals surface area contributed by atoms with Gasteiger partial charge in [0, 0.05) is 10.9 Å². The van der Waals surface area contributed by atoms with Crippen molar-refractivity contribution >= 4 is 21.7 Å². The Bertz CT molecular complexity index is 447. The number of rotatable bonds is 5. The van der Waals surface area contributed by atoms with Crippen LogP contribution in [-0.2, 0) is 11.2 Å². The molecule has 0 spiro atoms. The first-order valence-corrected chi connectivity index (χ1v) is 6.75. The summed E-state index contributed by atoms with van der Waals surface area (Å²) in [6.07, 6.45) is 1.06. The third kappa shape index (κ3) is 3.18. The molecule has 0 aromatic heterocycles. The van der Waals surface area contributed by atoms with E-state index in [0.29, 0.717) is 10.9 Å². The molecule has 1 unspecified atom stereocenters. The first-order chi connectivity index (χ1) is 8.31. The summed E-state index contributed by atoms with van der Waals surface area (Å²) in [5.74, 6) is -0.161. The summed E-state index contributed by atoms with van der Waals surface area (Å²) in [6.45, 7) is 3.93. The minimum atomic E-state index is -0.478. The van der Waals surface area contributed by atoms with Crippen molar-refractivity contribution in [1.82, 2.24) is 4.90 Å². The van der Waals surface area contributed by atoms with Gasteiger partial charge >= 0.3 is 0 Å². The highest BCUT2D eigenvalue weighted by atomic mass is 79.9. The van der Waals surface area contributed by atoms with Gasteiger partial charge in [-0.2, -0.15) is 0 Å². The van der Waals surface area contributed by atoms with E-state index in [1.165, 1.54) is 12.1 Å². The van der Waals surface area contributed by atoms with E-state index in [4.69, 9.17) is 0 Å². The quantitative estimate of drug-likeness (QED) is 0.829. The number of ketones is 1. The number of benzene rings is 1. The molecule has 0 aliphatic rings. The van der Waals surface area contributed by atoms with Gasteiger partial charge < -0.3 is 0 Å². The molecule has 0 aliphatic heterocycles. The Morgan fingerprint density at radius 1 is 1.44 bits per heavy atom. The van der Waals surface area contributed by atoms with Gasteiger partial charge in [-0.25, -0.2) is 4.39 Å². The van der Waals surface area contributed by atoms with Crippen molar-refractivity contribution in [3.05, 3.63) is 34.1 Å². The Morgan fingerprint density at radius 3 is 2.50 bits per heavy atom. The largest absolute Gasteiger partial charge is 0.297 e. The number of Topliss-reactive ketones (excluding diaryl/α,β-unsaturated/α-hetero) is 1. The van der Waals surface area contributed by atoms with Gasteiger partial charge in [-0.1, -0.05) is 28.9 Å². The van der Waals surface area contributed by atoms with Crippen LogP contribution < -0.4 is 0 Å². The lowest BCUT2D eigenvalue weighted by Crippen LogP contribution is -2.48.